The number of nitrogens with two attached hydrogens (primary N) is 1. The van der Waals surface area contributed by atoms with Crippen LogP contribution in [0.2, 0.25) is 0 Å². The number of aryl methyl sites for hydroxylation is 2. The van der Waals surface area contributed by atoms with Crippen LogP contribution in [0.4, 0.5) is 0 Å². The summed E-state index contributed by atoms with van der Waals surface area (Å²) in [5.74, 6) is -1.11. The van der Waals surface area contributed by atoms with Crippen molar-refractivity contribution in [3.63, 3.8) is 0 Å². The van der Waals surface area contributed by atoms with Crippen molar-refractivity contribution in [1.29, 1.82) is 0 Å². The highest BCUT2D eigenvalue weighted by Crippen LogP contribution is 2.17. The van der Waals surface area contributed by atoms with E-state index >= 15 is 0 Å². The number of hydrogen-bond acceptors (Lipinski definition) is 5. The Bertz CT molecular complexity index is 933. The lowest BCUT2D eigenvalue weighted by Gasteiger charge is -2.14. The van der Waals surface area contributed by atoms with E-state index < -0.39 is 22.1 Å². The Hall–Kier alpha value is -2.51. The van der Waals surface area contributed by atoms with Gasteiger partial charge >= 0.3 is 5.97 Å². The highest BCUT2D eigenvalue weighted by atomic mass is 32.2. The first-order valence-electron chi connectivity index (χ1n) is 8.11. The average molecular weight is 375 g/mol. The van der Waals surface area contributed by atoms with Crippen LogP contribution in [0.25, 0.3) is 0 Å². The van der Waals surface area contributed by atoms with Crippen LogP contribution < -0.4 is 5.14 Å². The highest BCUT2D eigenvalue weighted by Gasteiger charge is 2.22. The number of carbonyl (C=O) groups is 2. The number of hydrogen-bond donors (Lipinski definition) is 1. The fraction of sp³-hybridized carbons (Fsp3) is 0.263. The zero-order valence-corrected chi connectivity index (χ0v) is 15.7. The van der Waals surface area contributed by atoms with E-state index in [2.05, 4.69) is 0 Å². The predicted molar refractivity (Wildman–Crippen MR) is 97.6 cm³/mol. The van der Waals surface area contributed by atoms with Gasteiger partial charge in [0.2, 0.25) is 15.8 Å². The van der Waals surface area contributed by atoms with Crippen molar-refractivity contribution >= 4 is 21.8 Å². The van der Waals surface area contributed by atoms with Crippen molar-refractivity contribution in [2.24, 2.45) is 5.14 Å². The molecule has 0 aliphatic rings. The molecular formula is C19H21NO5S. The molecular weight excluding hydrogens is 354 g/mol. The Morgan fingerprint density at radius 1 is 1.12 bits per heavy atom. The van der Waals surface area contributed by atoms with Gasteiger partial charge in [-0.3, -0.25) is 4.79 Å². The standard InChI is InChI=1S/C19H21NO5S/c1-4-14-6-8-15(9-7-14)18(21)13(3)25-19(22)17-11-16(26(20,23)24)10-5-12(17)2/h5-11,13H,4H2,1-3H3,(H2,20,23,24)/t13-/m1/s1. The Morgan fingerprint density at radius 3 is 2.27 bits per heavy atom. The van der Waals surface area contributed by atoms with Crippen LogP contribution in [0, 0.1) is 6.92 Å². The largest absolute Gasteiger partial charge is 0.451 e. The van der Waals surface area contributed by atoms with Crippen molar-refractivity contribution in [2.75, 3.05) is 0 Å². The quantitative estimate of drug-likeness (QED) is 0.617. The third-order valence-electron chi connectivity index (χ3n) is 4.06. The van der Waals surface area contributed by atoms with E-state index in [1.165, 1.54) is 19.1 Å². The lowest BCUT2D eigenvalue weighted by molar-refractivity contribution is 0.0318. The molecule has 7 heteroatoms. The maximum atomic E-state index is 12.4. The summed E-state index contributed by atoms with van der Waals surface area (Å²) < 4.78 is 28.2. The van der Waals surface area contributed by atoms with E-state index in [1.807, 2.05) is 19.1 Å². The summed E-state index contributed by atoms with van der Waals surface area (Å²) in [7, 11) is -3.94. The summed E-state index contributed by atoms with van der Waals surface area (Å²) in [5.41, 5.74) is 2.12. The van der Waals surface area contributed by atoms with Crippen LogP contribution in [-0.2, 0) is 21.2 Å². The third kappa shape index (κ3) is 4.56. The fourth-order valence-electron chi connectivity index (χ4n) is 2.41. The molecule has 26 heavy (non-hydrogen) atoms. The lowest BCUT2D eigenvalue weighted by Crippen LogP contribution is -2.25. The second-order valence-electron chi connectivity index (χ2n) is 5.98. The van der Waals surface area contributed by atoms with Gasteiger partial charge in [-0.25, -0.2) is 18.4 Å². The molecule has 0 spiro atoms. The van der Waals surface area contributed by atoms with E-state index in [4.69, 9.17) is 9.88 Å². The molecule has 0 fully saturated rings. The molecule has 6 nitrogen and oxygen atoms in total. The summed E-state index contributed by atoms with van der Waals surface area (Å²) in [6.45, 7) is 5.13. The topological polar surface area (TPSA) is 104 Å². The molecule has 2 N–H and O–H groups in total. The number of rotatable bonds is 6. The molecule has 0 saturated heterocycles. The van der Waals surface area contributed by atoms with Crippen molar-refractivity contribution in [1.82, 2.24) is 0 Å². The van der Waals surface area contributed by atoms with Gasteiger partial charge in [0.1, 0.15) is 0 Å². The van der Waals surface area contributed by atoms with E-state index in [9.17, 15) is 18.0 Å². The molecule has 2 rings (SSSR count). The van der Waals surface area contributed by atoms with Gasteiger partial charge in [-0.1, -0.05) is 37.3 Å². The summed E-state index contributed by atoms with van der Waals surface area (Å²) in [6.07, 6.45) is -0.147. The molecule has 0 heterocycles. The maximum Gasteiger partial charge on any atom is 0.339 e. The van der Waals surface area contributed by atoms with Gasteiger partial charge in [-0.2, -0.15) is 0 Å². The van der Waals surface area contributed by atoms with Crippen LogP contribution in [0.3, 0.4) is 0 Å². The Labute approximate surface area is 153 Å². The first-order valence-corrected chi connectivity index (χ1v) is 9.65. The first kappa shape index (κ1) is 19.8. The SMILES string of the molecule is CCc1ccc(C(=O)[C@@H](C)OC(=O)c2cc(S(N)(=O)=O)ccc2C)cc1. The van der Waals surface area contributed by atoms with Gasteiger partial charge in [-0.15, -0.1) is 0 Å². The van der Waals surface area contributed by atoms with Crippen molar-refractivity contribution in [3.8, 4) is 0 Å². The van der Waals surface area contributed by atoms with Crippen molar-refractivity contribution in [2.45, 2.75) is 38.2 Å². The monoisotopic (exact) mass is 375 g/mol. The van der Waals surface area contributed by atoms with Crippen LogP contribution in [0.5, 0.6) is 0 Å². The molecule has 138 valence electrons. The molecule has 0 saturated carbocycles. The number of carbonyl (C=O) groups excluding carboxylic acids is 2. The second-order valence-corrected chi connectivity index (χ2v) is 7.55. The Balaban J connectivity index is 2.19. The molecule has 1 atom stereocenters. The molecule has 2 aromatic rings. The summed E-state index contributed by atoms with van der Waals surface area (Å²) in [5, 5.41) is 5.09. The number of ether oxygens (including phenoxy) is 1. The smallest absolute Gasteiger partial charge is 0.339 e. The van der Waals surface area contributed by atoms with Crippen molar-refractivity contribution < 1.29 is 22.7 Å². The number of benzene rings is 2. The highest BCUT2D eigenvalue weighted by molar-refractivity contribution is 7.89. The maximum absolute atomic E-state index is 12.4. The number of Topliss-reactive ketones (excluding diaryl/α,β-unsaturated/α-hetero) is 1. The fourth-order valence-corrected chi connectivity index (χ4v) is 2.95. The molecule has 0 unspecified atom stereocenters. The summed E-state index contributed by atoms with van der Waals surface area (Å²) in [6, 6.07) is 11.0. The van der Waals surface area contributed by atoms with E-state index in [-0.39, 0.29) is 16.2 Å². The minimum atomic E-state index is -3.94. The summed E-state index contributed by atoms with van der Waals surface area (Å²) in [4.78, 5) is 24.6. The van der Waals surface area contributed by atoms with Gasteiger partial charge < -0.3 is 4.74 Å². The van der Waals surface area contributed by atoms with Gasteiger partial charge in [0.05, 0.1) is 10.5 Å². The van der Waals surface area contributed by atoms with Gasteiger partial charge in [0, 0.05) is 5.56 Å². The van der Waals surface area contributed by atoms with Crippen LogP contribution in [0.15, 0.2) is 47.4 Å². The average Bonchev–Trinajstić information content (AvgIpc) is 2.60. The molecule has 0 radical (unpaired) electrons. The summed E-state index contributed by atoms with van der Waals surface area (Å²) >= 11 is 0. The molecule has 0 amide bonds. The lowest BCUT2D eigenvalue weighted by atomic mass is 10.0. The van der Waals surface area contributed by atoms with Gasteiger partial charge in [0.15, 0.2) is 6.10 Å². The molecule has 0 aliphatic heterocycles. The first-order chi connectivity index (χ1) is 12.1. The Morgan fingerprint density at radius 2 is 1.73 bits per heavy atom. The zero-order chi connectivity index (χ0) is 19.5. The number of sulfonamides is 1. The van der Waals surface area contributed by atoms with E-state index in [0.717, 1.165) is 18.1 Å². The number of primary sulfonamides is 1. The minimum Gasteiger partial charge on any atom is -0.451 e. The minimum absolute atomic E-state index is 0.0532. The van der Waals surface area contributed by atoms with Crippen molar-refractivity contribution in [3.05, 3.63) is 64.7 Å². The van der Waals surface area contributed by atoms with Crippen LogP contribution in [-0.4, -0.2) is 26.3 Å². The number of esters is 1. The predicted octanol–water partition coefficient (Wildman–Crippen LogP) is 2.63. The van der Waals surface area contributed by atoms with Gasteiger partial charge in [0.25, 0.3) is 0 Å². The third-order valence-corrected chi connectivity index (χ3v) is 4.97. The van der Waals surface area contributed by atoms with E-state index in [1.54, 1.807) is 19.1 Å². The zero-order valence-electron chi connectivity index (χ0n) is 14.9. The second kappa shape index (κ2) is 7.80. The molecule has 0 aliphatic carbocycles. The van der Waals surface area contributed by atoms with Crippen LogP contribution >= 0.6 is 0 Å². The normalized spacial score (nSPS) is 12.5. The number of ketones is 1. The van der Waals surface area contributed by atoms with E-state index in [0.29, 0.717) is 11.1 Å². The van der Waals surface area contributed by atoms with Crippen LogP contribution in [0.1, 0.15) is 45.7 Å². The van der Waals surface area contributed by atoms with Gasteiger partial charge in [-0.05, 0) is 43.5 Å². The molecule has 0 aromatic heterocycles. The molecule has 0 bridgehead atoms. The molecule has 2 aromatic carbocycles. The Kier molecular flexibility index (Phi) is 5.94.